The Labute approximate surface area is 253 Å². The van der Waals surface area contributed by atoms with Gasteiger partial charge in [0.1, 0.15) is 17.4 Å². The van der Waals surface area contributed by atoms with Gasteiger partial charge in [0.15, 0.2) is 23.0 Å². The first-order chi connectivity index (χ1) is 21.2. The van der Waals surface area contributed by atoms with Gasteiger partial charge in [0, 0.05) is 23.7 Å². The van der Waals surface area contributed by atoms with E-state index in [0.29, 0.717) is 62.2 Å². The van der Waals surface area contributed by atoms with Gasteiger partial charge in [-0.1, -0.05) is 17.7 Å². The van der Waals surface area contributed by atoms with Crippen LogP contribution in [0.15, 0.2) is 52.1 Å². The van der Waals surface area contributed by atoms with Crippen LogP contribution in [0.4, 0.5) is 0 Å². The standard InChI is InChI=1S/C32H35N5O7/c1-17-8-9-24(40-3)19(10-17)18(2)37(15-29-33-22-13-27(43-6)25(41-4)11-20(22)31(38)35-29)16-30-34-23-14-28(44-7)26(42-5)12-21(23)32(39)36-30/h8-14,18H,15-16H2,1-7H3,(H,33,35,38)(H,34,36,39)/t18-/m0/s1. The van der Waals surface area contributed by atoms with E-state index in [4.69, 9.17) is 33.7 Å². The number of hydrogen-bond acceptors (Lipinski definition) is 10. The zero-order chi connectivity index (χ0) is 31.5. The van der Waals surface area contributed by atoms with Crippen molar-refractivity contribution in [2.24, 2.45) is 0 Å². The van der Waals surface area contributed by atoms with Crippen molar-refractivity contribution in [2.75, 3.05) is 35.5 Å². The zero-order valence-electron chi connectivity index (χ0n) is 25.7. The molecule has 0 unspecified atom stereocenters. The normalized spacial score (nSPS) is 12.0. The molecule has 0 radical (unpaired) electrons. The van der Waals surface area contributed by atoms with Crippen molar-refractivity contribution in [3.63, 3.8) is 0 Å². The van der Waals surface area contributed by atoms with Crippen molar-refractivity contribution in [3.05, 3.63) is 85.9 Å². The highest BCUT2D eigenvalue weighted by Crippen LogP contribution is 2.34. The maximum atomic E-state index is 13.2. The number of aromatic nitrogens is 4. The summed E-state index contributed by atoms with van der Waals surface area (Å²) in [5.41, 5.74) is 2.27. The van der Waals surface area contributed by atoms with Gasteiger partial charge in [0.2, 0.25) is 0 Å². The minimum Gasteiger partial charge on any atom is -0.496 e. The number of nitrogens with zero attached hydrogens (tertiary/aromatic N) is 3. The Balaban J connectivity index is 1.61. The topological polar surface area (TPSA) is 141 Å². The molecule has 0 aliphatic carbocycles. The Morgan fingerprint density at radius 3 is 1.52 bits per heavy atom. The quantitative estimate of drug-likeness (QED) is 0.225. The molecule has 12 heteroatoms. The van der Waals surface area contributed by atoms with Crippen molar-refractivity contribution < 1.29 is 23.7 Å². The van der Waals surface area contributed by atoms with Gasteiger partial charge in [0.25, 0.3) is 11.1 Å². The SMILES string of the molecule is COc1cc2nc(CN(Cc3nc4cc(OC)c(OC)cc4c(=O)[nH]3)[C@@H](C)c3cc(C)ccc3OC)[nH]c(=O)c2cc1OC. The van der Waals surface area contributed by atoms with Crippen LogP contribution in [0.2, 0.25) is 0 Å². The fourth-order valence-electron chi connectivity index (χ4n) is 5.27. The summed E-state index contributed by atoms with van der Waals surface area (Å²) >= 11 is 0. The van der Waals surface area contributed by atoms with Crippen molar-refractivity contribution in [1.82, 2.24) is 24.8 Å². The van der Waals surface area contributed by atoms with Crippen LogP contribution in [0, 0.1) is 6.92 Å². The predicted molar refractivity (Wildman–Crippen MR) is 166 cm³/mol. The molecule has 1 atom stereocenters. The van der Waals surface area contributed by atoms with E-state index in [1.165, 1.54) is 28.4 Å². The Kier molecular flexibility index (Phi) is 8.72. The van der Waals surface area contributed by atoms with Crippen LogP contribution < -0.4 is 34.8 Å². The molecule has 2 heterocycles. The molecule has 2 N–H and O–H groups in total. The number of nitrogens with one attached hydrogen (secondary N) is 2. The van der Waals surface area contributed by atoms with Crippen molar-refractivity contribution in [3.8, 4) is 28.7 Å². The number of hydrogen-bond donors (Lipinski definition) is 2. The maximum Gasteiger partial charge on any atom is 0.258 e. The second-order valence-electron chi connectivity index (χ2n) is 10.3. The molecule has 0 bridgehead atoms. The number of ether oxygens (including phenoxy) is 5. The molecule has 0 fully saturated rings. The molecule has 0 aliphatic rings. The second-order valence-corrected chi connectivity index (χ2v) is 10.3. The van der Waals surface area contributed by atoms with E-state index in [2.05, 4.69) is 16.0 Å². The van der Waals surface area contributed by atoms with E-state index in [-0.39, 0.29) is 30.2 Å². The van der Waals surface area contributed by atoms with Crippen molar-refractivity contribution >= 4 is 21.8 Å². The van der Waals surface area contributed by atoms with Gasteiger partial charge in [0.05, 0.1) is 70.4 Å². The van der Waals surface area contributed by atoms with Crippen LogP contribution >= 0.6 is 0 Å². The lowest BCUT2D eigenvalue weighted by Crippen LogP contribution is -2.30. The molecule has 0 aliphatic heterocycles. The largest absolute Gasteiger partial charge is 0.496 e. The summed E-state index contributed by atoms with van der Waals surface area (Å²) in [4.78, 5) is 43.8. The third kappa shape index (κ3) is 5.88. The Bertz CT molecular complexity index is 1840. The first kappa shape index (κ1) is 30.4. The number of rotatable bonds is 11. The highest BCUT2D eigenvalue weighted by atomic mass is 16.5. The van der Waals surface area contributed by atoms with E-state index in [0.717, 1.165) is 11.1 Å². The highest BCUT2D eigenvalue weighted by Gasteiger charge is 2.23. The fourth-order valence-corrected chi connectivity index (χ4v) is 5.27. The number of fused-ring (bicyclic) bond motifs is 2. The van der Waals surface area contributed by atoms with Crippen LogP contribution in [0.25, 0.3) is 21.8 Å². The molecule has 0 spiro atoms. The second kappa shape index (κ2) is 12.6. The molecule has 5 rings (SSSR count). The molecule has 0 saturated carbocycles. The van der Waals surface area contributed by atoms with E-state index in [1.54, 1.807) is 31.4 Å². The minimum absolute atomic E-state index is 0.214. The summed E-state index contributed by atoms with van der Waals surface area (Å²) in [5, 5.41) is 0.743. The molecule has 2 aromatic heterocycles. The monoisotopic (exact) mass is 601 g/mol. The molecule has 12 nitrogen and oxygen atoms in total. The van der Waals surface area contributed by atoms with E-state index < -0.39 is 0 Å². The van der Waals surface area contributed by atoms with Crippen LogP contribution in [0.1, 0.15) is 35.7 Å². The summed E-state index contributed by atoms with van der Waals surface area (Å²) in [5.74, 6) is 3.34. The van der Waals surface area contributed by atoms with Crippen molar-refractivity contribution in [1.29, 1.82) is 0 Å². The maximum absolute atomic E-state index is 13.2. The van der Waals surface area contributed by atoms with Gasteiger partial charge in [-0.25, -0.2) is 9.97 Å². The summed E-state index contributed by atoms with van der Waals surface area (Å²) in [7, 11) is 7.70. The van der Waals surface area contributed by atoms with Crippen LogP contribution in [-0.2, 0) is 13.1 Å². The summed E-state index contributed by atoms with van der Waals surface area (Å²) in [6, 6.07) is 12.3. The Morgan fingerprint density at radius 2 is 1.09 bits per heavy atom. The Morgan fingerprint density at radius 1 is 0.659 bits per heavy atom. The van der Waals surface area contributed by atoms with Crippen LogP contribution in [0.5, 0.6) is 28.7 Å². The molecular formula is C32H35N5O7. The van der Waals surface area contributed by atoms with E-state index >= 15 is 0 Å². The van der Waals surface area contributed by atoms with Crippen LogP contribution in [0.3, 0.4) is 0 Å². The third-order valence-electron chi connectivity index (χ3n) is 7.61. The lowest BCUT2D eigenvalue weighted by atomic mass is 10.0. The Hall–Kier alpha value is -5.10. The third-order valence-corrected chi connectivity index (χ3v) is 7.61. The predicted octanol–water partition coefficient (Wildman–Crippen LogP) is 4.27. The number of H-pyrrole nitrogens is 2. The van der Waals surface area contributed by atoms with Gasteiger partial charge in [-0.3, -0.25) is 14.5 Å². The molecule has 0 amide bonds. The molecule has 3 aromatic carbocycles. The van der Waals surface area contributed by atoms with Crippen LogP contribution in [-0.4, -0.2) is 60.4 Å². The van der Waals surface area contributed by atoms with Gasteiger partial charge in [-0.2, -0.15) is 0 Å². The highest BCUT2D eigenvalue weighted by molar-refractivity contribution is 5.82. The lowest BCUT2D eigenvalue weighted by molar-refractivity contribution is 0.179. The minimum atomic E-state index is -0.315. The fraction of sp³-hybridized carbons (Fsp3) is 0.312. The average Bonchev–Trinajstić information content (AvgIpc) is 3.02. The summed E-state index contributed by atoms with van der Waals surface area (Å²) in [6.45, 7) is 4.46. The molecule has 230 valence electrons. The number of aromatic amines is 2. The van der Waals surface area contributed by atoms with Gasteiger partial charge >= 0.3 is 0 Å². The number of methoxy groups -OCH3 is 5. The average molecular weight is 602 g/mol. The summed E-state index contributed by atoms with van der Waals surface area (Å²) < 4.78 is 27.3. The first-order valence-electron chi connectivity index (χ1n) is 13.9. The van der Waals surface area contributed by atoms with Gasteiger partial charge in [-0.05, 0) is 32.0 Å². The van der Waals surface area contributed by atoms with Gasteiger partial charge in [-0.15, -0.1) is 0 Å². The number of aryl methyl sites for hydroxylation is 1. The smallest absolute Gasteiger partial charge is 0.258 e. The van der Waals surface area contributed by atoms with E-state index in [1.807, 2.05) is 30.9 Å². The van der Waals surface area contributed by atoms with Crippen molar-refractivity contribution in [2.45, 2.75) is 33.0 Å². The molecule has 0 saturated heterocycles. The lowest BCUT2D eigenvalue weighted by Gasteiger charge is -2.30. The molecule has 5 aromatic rings. The first-order valence-corrected chi connectivity index (χ1v) is 13.9. The summed E-state index contributed by atoms with van der Waals surface area (Å²) in [6.07, 6.45) is 0. The number of benzene rings is 3. The molecular weight excluding hydrogens is 566 g/mol. The molecule has 44 heavy (non-hydrogen) atoms. The van der Waals surface area contributed by atoms with Gasteiger partial charge < -0.3 is 33.7 Å². The zero-order valence-corrected chi connectivity index (χ0v) is 25.7. The van der Waals surface area contributed by atoms with E-state index in [9.17, 15) is 9.59 Å².